The van der Waals surface area contributed by atoms with Crippen molar-refractivity contribution in [1.29, 1.82) is 0 Å². The lowest BCUT2D eigenvalue weighted by atomic mass is 9.91. The number of carbonyl (C=O) groups excluding carboxylic acids is 2. The van der Waals surface area contributed by atoms with Crippen LogP contribution in [0.15, 0.2) is 24.5 Å². The molecule has 21 heavy (non-hydrogen) atoms. The summed E-state index contributed by atoms with van der Waals surface area (Å²) in [5.41, 5.74) is 1.19. The Morgan fingerprint density at radius 2 is 2.19 bits per heavy atom. The second-order valence-corrected chi connectivity index (χ2v) is 5.30. The summed E-state index contributed by atoms with van der Waals surface area (Å²) in [5.74, 6) is -0.217. The van der Waals surface area contributed by atoms with Crippen molar-refractivity contribution in [2.75, 3.05) is 19.7 Å². The number of likely N-dealkylation sites (tertiary alicyclic amines) is 1. The molecule has 5 heteroatoms. The summed E-state index contributed by atoms with van der Waals surface area (Å²) < 4.78 is 4.92. The van der Waals surface area contributed by atoms with Crippen LogP contribution < -0.4 is 0 Å². The monoisotopic (exact) mass is 290 g/mol. The van der Waals surface area contributed by atoms with Gasteiger partial charge in [-0.05, 0) is 50.3 Å². The molecule has 0 N–H and O–H groups in total. The Hall–Kier alpha value is -1.91. The molecule has 114 valence electrons. The molecule has 1 aliphatic heterocycles. The first-order valence-corrected chi connectivity index (χ1v) is 7.54. The summed E-state index contributed by atoms with van der Waals surface area (Å²) >= 11 is 0. The highest BCUT2D eigenvalue weighted by molar-refractivity contribution is 5.84. The minimum atomic E-state index is -0.319. The van der Waals surface area contributed by atoms with Crippen LogP contribution in [-0.2, 0) is 20.7 Å². The predicted molar refractivity (Wildman–Crippen MR) is 78.5 cm³/mol. The van der Waals surface area contributed by atoms with Gasteiger partial charge in [-0.2, -0.15) is 0 Å². The number of amides is 1. The number of hydrogen-bond donors (Lipinski definition) is 0. The Morgan fingerprint density at radius 1 is 1.43 bits per heavy atom. The van der Waals surface area contributed by atoms with E-state index >= 15 is 0 Å². The third-order valence-electron chi connectivity index (χ3n) is 3.80. The van der Waals surface area contributed by atoms with Crippen LogP contribution in [0.1, 0.15) is 31.7 Å². The van der Waals surface area contributed by atoms with Gasteiger partial charge in [-0.1, -0.05) is 0 Å². The first-order valence-electron chi connectivity index (χ1n) is 7.54. The van der Waals surface area contributed by atoms with Gasteiger partial charge in [-0.25, -0.2) is 0 Å². The molecule has 1 aromatic rings. The average Bonchev–Trinajstić information content (AvgIpc) is 2.49. The van der Waals surface area contributed by atoms with Crippen molar-refractivity contribution in [3.63, 3.8) is 0 Å². The Morgan fingerprint density at radius 3 is 2.90 bits per heavy atom. The summed E-state index contributed by atoms with van der Waals surface area (Å²) in [5, 5.41) is 0. The van der Waals surface area contributed by atoms with E-state index in [0.717, 1.165) is 25.7 Å². The summed E-state index contributed by atoms with van der Waals surface area (Å²) in [7, 11) is 0. The topological polar surface area (TPSA) is 59.5 Å². The quantitative estimate of drug-likeness (QED) is 0.750. The molecule has 0 unspecified atom stereocenters. The van der Waals surface area contributed by atoms with Crippen LogP contribution in [0.2, 0.25) is 0 Å². The van der Waals surface area contributed by atoms with Crippen molar-refractivity contribution < 1.29 is 14.3 Å². The molecule has 1 saturated heterocycles. The van der Waals surface area contributed by atoms with E-state index in [-0.39, 0.29) is 24.3 Å². The maximum absolute atomic E-state index is 12.4. The zero-order chi connectivity index (χ0) is 15.1. The Bertz CT molecular complexity index is 476. The number of nitrogens with zero attached hydrogens (tertiary/aromatic N) is 2. The predicted octanol–water partition coefficient (Wildman–Crippen LogP) is 1.82. The number of esters is 1. The van der Waals surface area contributed by atoms with Crippen molar-refractivity contribution in [2.45, 2.75) is 32.6 Å². The number of carbonyl (C=O) groups is 2. The number of aromatic nitrogens is 1. The Labute approximate surface area is 125 Å². The van der Waals surface area contributed by atoms with Crippen molar-refractivity contribution in [3.8, 4) is 0 Å². The maximum Gasteiger partial charge on any atom is 0.325 e. The zero-order valence-corrected chi connectivity index (χ0v) is 12.5. The van der Waals surface area contributed by atoms with E-state index < -0.39 is 0 Å². The summed E-state index contributed by atoms with van der Waals surface area (Å²) in [4.78, 5) is 29.5. The minimum absolute atomic E-state index is 0.0151. The highest BCUT2D eigenvalue weighted by Crippen LogP contribution is 2.22. The van der Waals surface area contributed by atoms with Gasteiger partial charge in [0.25, 0.3) is 0 Å². The molecule has 0 spiro atoms. The molecule has 1 aliphatic rings. The van der Waals surface area contributed by atoms with Crippen molar-refractivity contribution in [2.24, 2.45) is 5.92 Å². The van der Waals surface area contributed by atoms with Gasteiger partial charge in [0.05, 0.1) is 6.61 Å². The van der Waals surface area contributed by atoms with Crippen molar-refractivity contribution in [3.05, 3.63) is 30.1 Å². The van der Waals surface area contributed by atoms with E-state index in [4.69, 9.17) is 4.74 Å². The van der Waals surface area contributed by atoms with Crippen LogP contribution in [0.25, 0.3) is 0 Å². The molecular weight excluding hydrogens is 268 g/mol. The van der Waals surface area contributed by atoms with Gasteiger partial charge in [0.15, 0.2) is 0 Å². The maximum atomic E-state index is 12.4. The van der Waals surface area contributed by atoms with E-state index in [1.165, 1.54) is 5.56 Å². The molecule has 1 fully saturated rings. The van der Waals surface area contributed by atoms with Crippen LogP contribution in [-0.4, -0.2) is 41.5 Å². The third-order valence-corrected chi connectivity index (χ3v) is 3.80. The molecule has 1 aromatic heterocycles. The largest absolute Gasteiger partial charge is 0.465 e. The number of pyridine rings is 1. The molecular formula is C16H22N2O3. The average molecular weight is 290 g/mol. The normalized spacial score (nSPS) is 18.6. The van der Waals surface area contributed by atoms with E-state index in [0.29, 0.717) is 13.2 Å². The summed E-state index contributed by atoms with van der Waals surface area (Å²) in [6.07, 6.45) is 7.08. The first kappa shape index (κ1) is 15.5. The van der Waals surface area contributed by atoms with Gasteiger partial charge in [0.2, 0.25) is 5.91 Å². The molecule has 5 nitrogen and oxygen atoms in total. The number of rotatable bonds is 6. The smallest absolute Gasteiger partial charge is 0.325 e. The van der Waals surface area contributed by atoms with Gasteiger partial charge < -0.3 is 9.64 Å². The molecule has 0 bridgehead atoms. The number of aryl methyl sites for hydroxylation is 1. The molecule has 2 heterocycles. The molecule has 0 aromatic carbocycles. The molecule has 1 atom stereocenters. The van der Waals surface area contributed by atoms with Crippen LogP contribution in [0.4, 0.5) is 0 Å². The zero-order valence-electron chi connectivity index (χ0n) is 12.5. The second-order valence-electron chi connectivity index (χ2n) is 5.30. The van der Waals surface area contributed by atoms with E-state index in [1.807, 2.05) is 12.1 Å². The van der Waals surface area contributed by atoms with Crippen LogP contribution in [0.5, 0.6) is 0 Å². The lowest BCUT2D eigenvalue weighted by Gasteiger charge is -2.31. The van der Waals surface area contributed by atoms with E-state index in [1.54, 1.807) is 24.2 Å². The van der Waals surface area contributed by atoms with Crippen molar-refractivity contribution in [1.82, 2.24) is 9.88 Å². The van der Waals surface area contributed by atoms with Gasteiger partial charge in [0.1, 0.15) is 6.54 Å². The summed E-state index contributed by atoms with van der Waals surface area (Å²) in [6.45, 7) is 2.86. The van der Waals surface area contributed by atoms with Crippen LogP contribution in [0.3, 0.4) is 0 Å². The number of piperidine rings is 1. The Kier molecular flexibility index (Phi) is 5.72. The van der Waals surface area contributed by atoms with E-state index in [9.17, 15) is 9.59 Å². The van der Waals surface area contributed by atoms with Gasteiger partial charge >= 0.3 is 5.97 Å². The lowest BCUT2D eigenvalue weighted by molar-refractivity contribution is -0.151. The fraction of sp³-hybridized carbons (Fsp3) is 0.562. The van der Waals surface area contributed by atoms with Crippen molar-refractivity contribution >= 4 is 11.9 Å². The van der Waals surface area contributed by atoms with Gasteiger partial charge in [-0.3, -0.25) is 14.6 Å². The fourth-order valence-corrected chi connectivity index (χ4v) is 2.70. The van der Waals surface area contributed by atoms with Gasteiger partial charge in [0, 0.05) is 24.9 Å². The first-order chi connectivity index (χ1) is 10.2. The van der Waals surface area contributed by atoms with E-state index in [2.05, 4.69) is 4.98 Å². The molecule has 0 saturated carbocycles. The molecule has 2 rings (SSSR count). The van der Waals surface area contributed by atoms with Crippen LogP contribution in [0, 0.1) is 5.92 Å². The molecule has 0 aliphatic carbocycles. The molecule has 1 amide bonds. The summed E-state index contributed by atoms with van der Waals surface area (Å²) in [6, 6.07) is 3.95. The highest BCUT2D eigenvalue weighted by Gasteiger charge is 2.29. The minimum Gasteiger partial charge on any atom is -0.465 e. The highest BCUT2D eigenvalue weighted by atomic mass is 16.5. The SMILES string of the molecule is CCOC(=O)CN1CCC[C@H](CCc2ccncc2)C1=O. The van der Waals surface area contributed by atoms with Crippen LogP contribution >= 0.6 is 0 Å². The second kappa shape index (κ2) is 7.76. The number of hydrogen-bond acceptors (Lipinski definition) is 4. The van der Waals surface area contributed by atoms with Gasteiger partial charge in [-0.15, -0.1) is 0 Å². The standard InChI is InChI=1S/C16H22N2O3/c1-2-21-15(19)12-18-11-3-4-14(16(18)20)6-5-13-7-9-17-10-8-13/h7-10,14H,2-6,11-12H2,1H3/t14-/m1/s1. The fourth-order valence-electron chi connectivity index (χ4n) is 2.70. The third kappa shape index (κ3) is 4.55. The Balaban J connectivity index is 1.86. The molecule has 0 radical (unpaired) electrons. The lowest BCUT2D eigenvalue weighted by Crippen LogP contribution is -2.44. The number of ether oxygens (including phenoxy) is 1.